The SMILES string of the molecule is CC.Cc1nc(I)c(F)cc1F. The van der Waals surface area contributed by atoms with Crippen molar-refractivity contribution in [3.8, 4) is 0 Å². The van der Waals surface area contributed by atoms with Gasteiger partial charge >= 0.3 is 0 Å². The van der Waals surface area contributed by atoms with Gasteiger partial charge in [-0.25, -0.2) is 13.8 Å². The van der Waals surface area contributed by atoms with Crippen LogP contribution in [-0.4, -0.2) is 4.98 Å². The summed E-state index contributed by atoms with van der Waals surface area (Å²) in [6, 6.07) is 0.837. The van der Waals surface area contributed by atoms with Crippen molar-refractivity contribution in [1.82, 2.24) is 4.98 Å². The van der Waals surface area contributed by atoms with E-state index in [1.165, 1.54) is 6.92 Å². The summed E-state index contributed by atoms with van der Waals surface area (Å²) >= 11 is 1.71. The lowest BCUT2D eigenvalue weighted by Crippen LogP contribution is -1.94. The van der Waals surface area contributed by atoms with Crippen LogP contribution in [0.3, 0.4) is 0 Å². The van der Waals surface area contributed by atoms with Crippen molar-refractivity contribution in [3.05, 3.63) is 27.1 Å². The lowest BCUT2D eigenvalue weighted by molar-refractivity contribution is 0.558. The Labute approximate surface area is 84.3 Å². The first-order chi connectivity index (χ1) is 5.61. The van der Waals surface area contributed by atoms with Gasteiger partial charge in [0.1, 0.15) is 9.52 Å². The Morgan fingerprint density at radius 2 is 1.75 bits per heavy atom. The third kappa shape index (κ3) is 3.00. The topological polar surface area (TPSA) is 12.9 Å². The molecule has 0 aliphatic rings. The molecular formula is C8H10F2IN. The highest BCUT2D eigenvalue weighted by Crippen LogP contribution is 2.11. The number of aryl methyl sites for hydroxylation is 1. The maximum absolute atomic E-state index is 12.5. The van der Waals surface area contributed by atoms with E-state index in [9.17, 15) is 8.78 Å². The van der Waals surface area contributed by atoms with E-state index < -0.39 is 11.6 Å². The van der Waals surface area contributed by atoms with Gasteiger partial charge in [0.25, 0.3) is 0 Å². The van der Waals surface area contributed by atoms with Gasteiger partial charge in [0, 0.05) is 6.07 Å². The molecule has 0 atom stereocenters. The molecule has 12 heavy (non-hydrogen) atoms. The molecule has 0 saturated heterocycles. The quantitative estimate of drug-likeness (QED) is 0.526. The van der Waals surface area contributed by atoms with Crippen LogP contribution in [-0.2, 0) is 0 Å². The van der Waals surface area contributed by atoms with Crippen molar-refractivity contribution in [2.24, 2.45) is 0 Å². The summed E-state index contributed by atoms with van der Waals surface area (Å²) < 4.78 is 25.1. The molecule has 1 rings (SSSR count). The third-order valence-electron chi connectivity index (χ3n) is 1.06. The molecule has 0 aliphatic carbocycles. The molecule has 0 aliphatic heterocycles. The monoisotopic (exact) mass is 285 g/mol. The van der Waals surface area contributed by atoms with Crippen molar-refractivity contribution < 1.29 is 8.78 Å². The summed E-state index contributed by atoms with van der Waals surface area (Å²) in [5.41, 5.74) is 0.228. The molecule has 4 heteroatoms. The molecule has 1 nitrogen and oxygen atoms in total. The molecule has 0 N–H and O–H groups in total. The number of pyridine rings is 1. The van der Waals surface area contributed by atoms with E-state index in [-0.39, 0.29) is 9.39 Å². The van der Waals surface area contributed by atoms with Crippen LogP contribution in [0, 0.1) is 22.3 Å². The van der Waals surface area contributed by atoms with Crippen molar-refractivity contribution in [2.45, 2.75) is 20.8 Å². The zero-order valence-corrected chi connectivity index (χ0v) is 9.32. The number of rotatable bonds is 0. The lowest BCUT2D eigenvalue weighted by atomic mass is 10.4. The Hall–Kier alpha value is -0.260. The van der Waals surface area contributed by atoms with Gasteiger partial charge in [-0.1, -0.05) is 13.8 Å². The van der Waals surface area contributed by atoms with Crippen LogP contribution in [0.2, 0.25) is 0 Å². The van der Waals surface area contributed by atoms with Gasteiger partial charge in [0.05, 0.1) is 5.69 Å². The minimum absolute atomic E-state index is 0.205. The van der Waals surface area contributed by atoms with Crippen molar-refractivity contribution in [1.29, 1.82) is 0 Å². The highest BCUT2D eigenvalue weighted by molar-refractivity contribution is 14.1. The molecule has 0 aromatic carbocycles. The van der Waals surface area contributed by atoms with E-state index in [0.29, 0.717) is 0 Å². The van der Waals surface area contributed by atoms with Gasteiger partial charge < -0.3 is 0 Å². The van der Waals surface area contributed by atoms with Gasteiger partial charge in [0.15, 0.2) is 5.82 Å². The van der Waals surface area contributed by atoms with E-state index in [1.54, 1.807) is 22.6 Å². The predicted octanol–water partition coefficient (Wildman–Crippen LogP) is 3.30. The van der Waals surface area contributed by atoms with Crippen LogP contribution >= 0.6 is 22.6 Å². The lowest BCUT2D eigenvalue weighted by Gasteiger charge is -1.96. The Balaban J connectivity index is 0.000000561. The average molecular weight is 285 g/mol. The van der Waals surface area contributed by atoms with Crippen LogP contribution in [0.1, 0.15) is 19.5 Å². The first-order valence-electron chi connectivity index (χ1n) is 3.59. The smallest absolute Gasteiger partial charge is 0.157 e. The van der Waals surface area contributed by atoms with Gasteiger partial charge in [0.2, 0.25) is 0 Å². The zero-order chi connectivity index (χ0) is 9.72. The summed E-state index contributed by atoms with van der Waals surface area (Å²) in [5.74, 6) is -1.21. The molecule has 1 aromatic heterocycles. The molecule has 0 saturated carbocycles. The highest BCUT2D eigenvalue weighted by Gasteiger charge is 2.04. The molecule has 1 aromatic rings. The van der Waals surface area contributed by atoms with E-state index in [2.05, 4.69) is 4.98 Å². The summed E-state index contributed by atoms with van der Waals surface area (Å²) in [6.45, 7) is 5.50. The van der Waals surface area contributed by atoms with Gasteiger partial charge in [-0.05, 0) is 29.5 Å². The summed E-state index contributed by atoms with van der Waals surface area (Å²) in [6.07, 6.45) is 0. The highest BCUT2D eigenvalue weighted by atomic mass is 127. The number of hydrogen-bond donors (Lipinski definition) is 0. The van der Waals surface area contributed by atoms with Crippen molar-refractivity contribution >= 4 is 22.6 Å². The zero-order valence-electron chi connectivity index (χ0n) is 7.16. The molecule has 0 bridgehead atoms. The number of nitrogens with zero attached hydrogens (tertiary/aromatic N) is 1. The van der Waals surface area contributed by atoms with Crippen LogP contribution in [0.5, 0.6) is 0 Å². The average Bonchev–Trinajstić information content (AvgIpc) is 2.05. The van der Waals surface area contributed by atoms with E-state index in [1.807, 2.05) is 13.8 Å². The Morgan fingerprint density at radius 1 is 1.25 bits per heavy atom. The Bertz CT molecular complexity index is 213. The minimum Gasteiger partial charge on any atom is -0.241 e. The Morgan fingerprint density at radius 3 is 2.17 bits per heavy atom. The maximum atomic E-state index is 12.5. The predicted molar refractivity (Wildman–Crippen MR) is 53.0 cm³/mol. The van der Waals surface area contributed by atoms with Crippen LogP contribution in [0.15, 0.2) is 6.07 Å². The molecule has 1 heterocycles. The normalized spacial score (nSPS) is 8.83. The fraction of sp³-hybridized carbons (Fsp3) is 0.375. The molecule has 68 valence electrons. The van der Waals surface area contributed by atoms with Crippen molar-refractivity contribution in [3.63, 3.8) is 0 Å². The fourth-order valence-corrected chi connectivity index (χ4v) is 1.05. The van der Waals surface area contributed by atoms with Gasteiger partial charge in [-0.3, -0.25) is 0 Å². The summed E-state index contributed by atoms with van der Waals surface area (Å²) in [4.78, 5) is 3.61. The van der Waals surface area contributed by atoms with Crippen LogP contribution < -0.4 is 0 Å². The standard InChI is InChI=1S/C6H4F2IN.C2H6/c1-3-4(7)2-5(8)6(9)10-3;1-2/h2H,1H3;1-2H3. The first kappa shape index (κ1) is 11.7. The third-order valence-corrected chi connectivity index (χ3v) is 1.82. The molecular weight excluding hydrogens is 275 g/mol. The van der Waals surface area contributed by atoms with E-state index >= 15 is 0 Å². The summed E-state index contributed by atoms with van der Waals surface area (Å²) in [7, 11) is 0. The first-order valence-corrected chi connectivity index (χ1v) is 4.67. The number of hydrogen-bond acceptors (Lipinski definition) is 1. The summed E-state index contributed by atoms with van der Waals surface area (Å²) in [5, 5.41) is 0. The van der Waals surface area contributed by atoms with Crippen molar-refractivity contribution in [2.75, 3.05) is 0 Å². The Kier molecular flexibility index (Phi) is 5.28. The number of aromatic nitrogens is 1. The molecule has 0 radical (unpaired) electrons. The molecule has 0 amide bonds. The van der Waals surface area contributed by atoms with Crippen LogP contribution in [0.4, 0.5) is 8.78 Å². The van der Waals surface area contributed by atoms with Crippen LogP contribution in [0.25, 0.3) is 0 Å². The molecule has 0 spiro atoms. The second kappa shape index (κ2) is 5.40. The van der Waals surface area contributed by atoms with Gasteiger partial charge in [-0.15, -0.1) is 0 Å². The fourth-order valence-electron chi connectivity index (χ4n) is 0.529. The maximum Gasteiger partial charge on any atom is 0.157 e. The molecule has 0 fully saturated rings. The number of halogens is 3. The molecule has 0 unspecified atom stereocenters. The largest absolute Gasteiger partial charge is 0.241 e. The minimum atomic E-state index is -0.608. The second-order valence-corrected chi connectivity index (χ2v) is 2.85. The van der Waals surface area contributed by atoms with E-state index in [4.69, 9.17) is 0 Å². The second-order valence-electron chi connectivity index (χ2n) is 1.83. The van der Waals surface area contributed by atoms with Gasteiger partial charge in [-0.2, -0.15) is 0 Å². The van der Waals surface area contributed by atoms with E-state index in [0.717, 1.165) is 6.07 Å².